The Morgan fingerprint density at radius 1 is 1.47 bits per heavy atom. The van der Waals surface area contributed by atoms with Crippen molar-refractivity contribution in [2.45, 2.75) is 52.2 Å². The SMILES string of the molecule is CC(C)COCc1c(I)cnn1C1CCCC1. The van der Waals surface area contributed by atoms with Gasteiger partial charge in [-0.2, -0.15) is 5.10 Å². The first kappa shape index (κ1) is 13.3. The van der Waals surface area contributed by atoms with Gasteiger partial charge in [-0.05, 0) is 41.4 Å². The van der Waals surface area contributed by atoms with E-state index in [-0.39, 0.29) is 0 Å². The molecule has 0 unspecified atom stereocenters. The molecule has 1 fully saturated rings. The van der Waals surface area contributed by atoms with Crippen molar-refractivity contribution in [3.63, 3.8) is 0 Å². The van der Waals surface area contributed by atoms with Crippen LogP contribution in [0.2, 0.25) is 0 Å². The normalized spacial score (nSPS) is 17.2. The summed E-state index contributed by atoms with van der Waals surface area (Å²) in [5.41, 5.74) is 1.26. The fraction of sp³-hybridized carbons (Fsp3) is 0.769. The maximum atomic E-state index is 5.75. The molecule has 96 valence electrons. The Morgan fingerprint density at radius 2 is 2.18 bits per heavy atom. The molecule has 1 aliphatic carbocycles. The van der Waals surface area contributed by atoms with Gasteiger partial charge in [0.05, 0.1) is 28.1 Å². The van der Waals surface area contributed by atoms with E-state index in [9.17, 15) is 0 Å². The lowest BCUT2D eigenvalue weighted by Crippen LogP contribution is -2.13. The van der Waals surface area contributed by atoms with Crippen LogP contribution in [0.3, 0.4) is 0 Å². The van der Waals surface area contributed by atoms with Crippen molar-refractivity contribution >= 4 is 22.6 Å². The minimum atomic E-state index is 0.593. The molecule has 17 heavy (non-hydrogen) atoms. The second-order valence-corrected chi connectivity index (χ2v) is 6.39. The second-order valence-electron chi connectivity index (χ2n) is 5.23. The van der Waals surface area contributed by atoms with Gasteiger partial charge in [0, 0.05) is 6.61 Å². The first-order valence-electron chi connectivity index (χ1n) is 6.48. The third-order valence-electron chi connectivity index (χ3n) is 3.21. The lowest BCUT2D eigenvalue weighted by atomic mass is 10.2. The van der Waals surface area contributed by atoms with Crippen LogP contribution in [0.15, 0.2) is 6.20 Å². The molecule has 0 bridgehead atoms. The first-order chi connectivity index (χ1) is 8.18. The zero-order chi connectivity index (χ0) is 12.3. The molecule has 3 nitrogen and oxygen atoms in total. The molecule has 1 aromatic rings. The Balaban J connectivity index is 2.01. The molecule has 2 rings (SSSR count). The van der Waals surface area contributed by atoms with E-state index in [1.807, 2.05) is 6.20 Å². The van der Waals surface area contributed by atoms with Crippen molar-refractivity contribution in [2.75, 3.05) is 6.61 Å². The average Bonchev–Trinajstić information content (AvgIpc) is 2.88. The van der Waals surface area contributed by atoms with Gasteiger partial charge in [0.1, 0.15) is 0 Å². The van der Waals surface area contributed by atoms with E-state index in [4.69, 9.17) is 4.74 Å². The fourth-order valence-corrected chi connectivity index (χ4v) is 2.88. The molecule has 0 spiro atoms. The highest BCUT2D eigenvalue weighted by atomic mass is 127. The van der Waals surface area contributed by atoms with Gasteiger partial charge in [-0.1, -0.05) is 26.7 Å². The van der Waals surface area contributed by atoms with Crippen LogP contribution in [0.5, 0.6) is 0 Å². The molecule has 1 heterocycles. The van der Waals surface area contributed by atoms with Gasteiger partial charge >= 0.3 is 0 Å². The van der Waals surface area contributed by atoms with Gasteiger partial charge in [0.15, 0.2) is 0 Å². The van der Waals surface area contributed by atoms with Crippen molar-refractivity contribution in [3.8, 4) is 0 Å². The number of hydrogen-bond donors (Lipinski definition) is 0. The quantitative estimate of drug-likeness (QED) is 0.758. The predicted molar refractivity (Wildman–Crippen MR) is 76.9 cm³/mol. The lowest BCUT2D eigenvalue weighted by molar-refractivity contribution is 0.0903. The van der Waals surface area contributed by atoms with Crippen molar-refractivity contribution in [1.29, 1.82) is 0 Å². The number of ether oxygens (including phenoxy) is 1. The van der Waals surface area contributed by atoms with Crippen molar-refractivity contribution < 1.29 is 4.74 Å². The van der Waals surface area contributed by atoms with E-state index in [0.717, 1.165) is 6.61 Å². The summed E-state index contributed by atoms with van der Waals surface area (Å²) in [6, 6.07) is 0.608. The third-order valence-corrected chi connectivity index (χ3v) is 4.11. The smallest absolute Gasteiger partial charge is 0.0895 e. The molecule has 4 heteroatoms. The highest BCUT2D eigenvalue weighted by molar-refractivity contribution is 14.1. The summed E-state index contributed by atoms with van der Waals surface area (Å²) < 4.78 is 9.19. The fourth-order valence-electron chi connectivity index (χ4n) is 2.36. The number of hydrogen-bond acceptors (Lipinski definition) is 2. The molecule has 0 radical (unpaired) electrons. The summed E-state index contributed by atoms with van der Waals surface area (Å²) >= 11 is 2.36. The largest absolute Gasteiger partial charge is 0.375 e. The maximum absolute atomic E-state index is 5.75. The van der Waals surface area contributed by atoms with E-state index >= 15 is 0 Å². The van der Waals surface area contributed by atoms with Gasteiger partial charge in [-0.25, -0.2) is 0 Å². The molecule has 0 aliphatic heterocycles. The molecule has 1 saturated carbocycles. The van der Waals surface area contributed by atoms with Crippen LogP contribution in [0.25, 0.3) is 0 Å². The Labute approximate surface area is 117 Å². The average molecular weight is 348 g/mol. The first-order valence-corrected chi connectivity index (χ1v) is 7.56. The Hall–Kier alpha value is -0.100. The highest BCUT2D eigenvalue weighted by Crippen LogP contribution is 2.31. The van der Waals surface area contributed by atoms with E-state index in [2.05, 4.69) is 46.2 Å². The van der Waals surface area contributed by atoms with E-state index in [1.165, 1.54) is 34.9 Å². The van der Waals surface area contributed by atoms with Crippen LogP contribution in [0.1, 0.15) is 51.3 Å². The van der Waals surface area contributed by atoms with Gasteiger partial charge < -0.3 is 4.74 Å². The van der Waals surface area contributed by atoms with Crippen LogP contribution in [-0.4, -0.2) is 16.4 Å². The van der Waals surface area contributed by atoms with Crippen molar-refractivity contribution in [2.24, 2.45) is 5.92 Å². The zero-order valence-corrected chi connectivity index (χ0v) is 12.8. The van der Waals surface area contributed by atoms with E-state index in [1.54, 1.807) is 0 Å². The number of rotatable bonds is 5. The molecule has 0 aromatic carbocycles. The predicted octanol–water partition coefficient (Wildman–Crippen LogP) is 3.78. The summed E-state index contributed by atoms with van der Waals surface area (Å²) in [7, 11) is 0. The molecule has 0 amide bonds. The lowest BCUT2D eigenvalue weighted by Gasteiger charge is -2.15. The Morgan fingerprint density at radius 3 is 2.82 bits per heavy atom. The zero-order valence-electron chi connectivity index (χ0n) is 10.7. The minimum Gasteiger partial charge on any atom is -0.375 e. The molecule has 1 aliphatic rings. The summed E-state index contributed by atoms with van der Waals surface area (Å²) in [5.74, 6) is 0.593. The Bertz CT molecular complexity index is 356. The van der Waals surface area contributed by atoms with Crippen molar-refractivity contribution in [3.05, 3.63) is 15.5 Å². The molecular formula is C13H21IN2O. The van der Waals surface area contributed by atoms with Gasteiger partial charge in [-0.15, -0.1) is 0 Å². The van der Waals surface area contributed by atoms with E-state index < -0.39 is 0 Å². The maximum Gasteiger partial charge on any atom is 0.0895 e. The topological polar surface area (TPSA) is 27.1 Å². The van der Waals surface area contributed by atoms with Gasteiger partial charge in [-0.3, -0.25) is 4.68 Å². The van der Waals surface area contributed by atoms with Crippen LogP contribution in [-0.2, 0) is 11.3 Å². The highest BCUT2D eigenvalue weighted by Gasteiger charge is 2.21. The summed E-state index contributed by atoms with van der Waals surface area (Å²) in [6.45, 7) is 5.89. The molecule has 0 atom stereocenters. The van der Waals surface area contributed by atoms with Crippen LogP contribution >= 0.6 is 22.6 Å². The summed E-state index contributed by atoms with van der Waals surface area (Å²) in [4.78, 5) is 0. The van der Waals surface area contributed by atoms with Crippen LogP contribution in [0, 0.1) is 9.49 Å². The summed E-state index contributed by atoms with van der Waals surface area (Å²) in [5, 5.41) is 4.52. The second kappa shape index (κ2) is 6.18. The van der Waals surface area contributed by atoms with Crippen molar-refractivity contribution in [1.82, 2.24) is 9.78 Å². The molecule has 1 aromatic heterocycles. The molecule has 0 saturated heterocycles. The number of aromatic nitrogens is 2. The van der Waals surface area contributed by atoms with Gasteiger partial charge in [0.25, 0.3) is 0 Å². The standard InChI is InChI=1S/C13H21IN2O/c1-10(2)8-17-9-13-12(14)7-15-16(13)11-5-3-4-6-11/h7,10-11H,3-6,8-9H2,1-2H3. The molecular weight excluding hydrogens is 327 g/mol. The Kier molecular flexibility index (Phi) is 4.85. The van der Waals surface area contributed by atoms with Gasteiger partial charge in [0.2, 0.25) is 0 Å². The van der Waals surface area contributed by atoms with Crippen LogP contribution in [0.4, 0.5) is 0 Å². The summed E-state index contributed by atoms with van der Waals surface area (Å²) in [6.07, 6.45) is 7.19. The third kappa shape index (κ3) is 3.44. The van der Waals surface area contributed by atoms with E-state index in [0.29, 0.717) is 18.6 Å². The monoisotopic (exact) mass is 348 g/mol. The minimum absolute atomic E-state index is 0.593. The molecule has 0 N–H and O–H groups in total. The number of halogens is 1. The van der Waals surface area contributed by atoms with Crippen LogP contribution < -0.4 is 0 Å². The number of nitrogens with zero attached hydrogens (tertiary/aromatic N) is 2.